The Balaban J connectivity index is 1.26. The zero-order valence-corrected chi connectivity index (χ0v) is 15.1. The molecule has 1 aliphatic heterocycles. The van der Waals surface area contributed by atoms with Crippen molar-refractivity contribution in [2.45, 2.75) is 38.7 Å². The van der Waals surface area contributed by atoms with E-state index < -0.39 is 11.9 Å². The normalized spacial score (nSPS) is 16.9. The molecule has 1 N–H and O–H groups in total. The smallest absolute Gasteiger partial charge is 0.334 e. The molecule has 3 aromatic heterocycles. The molecule has 1 aliphatic rings. The lowest BCUT2D eigenvalue weighted by Gasteiger charge is -2.23. The first kappa shape index (κ1) is 18.6. The van der Waals surface area contributed by atoms with Gasteiger partial charge in [0.15, 0.2) is 5.69 Å². The zero-order chi connectivity index (χ0) is 19.6. The fourth-order valence-electron chi connectivity index (χ4n) is 3.40. The standard InChI is InChI=1S/C18H20F3N7/c19-18(20,21)16-12-27-9-14(3-4-17(27)24-16)7-23-8-15-11-28(26-25-15)10-13-2-1-5-22-6-13/h1-2,5-6,11-12,14,23H,3-4,7-10H2. The van der Waals surface area contributed by atoms with Crippen LogP contribution in [0.4, 0.5) is 13.2 Å². The maximum absolute atomic E-state index is 12.8. The van der Waals surface area contributed by atoms with E-state index in [1.165, 1.54) is 0 Å². The quantitative estimate of drug-likeness (QED) is 0.698. The highest BCUT2D eigenvalue weighted by atomic mass is 19.4. The number of hydrogen-bond acceptors (Lipinski definition) is 5. The van der Waals surface area contributed by atoms with E-state index in [9.17, 15) is 13.2 Å². The van der Waals surface area contributed by atoms with Crippen LogP contribution in [0.3, 0.4) is 0 Å². The number of aromatic nitrogens is 6. The van der Waals surface area contributed by atoms with Crippen LogP contribution in [0.5, 0.6) is 0 Å². The van der Waals surface area contributed by atoms with Crippen molar-refractivity contribution in [2.24, 2.45) is 5.92 Å². The minimum Gasteiger partial charge on any atom is -0.334 e. The Morgan fingerprint density at radius 2 is 2.14 bits per heavy atom. The van der Waals surface area contributed by atoms with Crippen LogP contribution in [0, 0.1) is 5.92 Å². The summed E-state index contributed by atoms with van der Waals surface area (Å²) in [5.74, 6) is 0.773. The Kier molecular flexibility index (Phi) is 5.12. The van der Waals surface area contributed by atoms with Gasteiger partial charge in [0, 0.05) is 44.6 Å². The Bertz CT molecular complexity index is 917. The van der Waals surface area contributed by atoms with Crippen LogP contribution in [0.15, 0.2) is 36.9 Å². The number of imidazole rings is 1. The second kappa shape index (κ2) is 7.70. The number of fused-ring (bicyclic) bond motifs is 1. The zero-order valence-electron chi connectivity index (χ0n) is 15.1. The van der Waals surface area contributed by atoms with Crippen molar-refractivity contribution in [3.05, 3.63) is 59.7 Å². The van der Waals surface area contributed by atoms with Crippen molar-refractivity contribution in [1.29, 1.82) is 0 Å². The van der Waals surface area contributed by atoms with Crippen LogP contribution in [0.25, 0.3) is 0 Å². The van der Waals surface area contributed by atoms with Crippen LogP contribution >= 0.6 is 0 Å². The van der Waals surface area contributed by atoms with Crippen LogP contribution in [0.2, 0.25) is 0 Å². The minimum absolute atomic E-state index is 0.258. The van der Waals surface area contributed by atoms with Crippen LogP contribution in [-0.4, -0.2) is 36.1 Å². The van der Waals surface area contributed by atoms with Crippen molar-refractivity contribution in [2.75, 3.05) is 6.54 Å². The first-order valence-electron chi connectivity index (χ1n) is 9.09. The monoisotopic (exact) mass is 391 g/mol. The van der Waals surface area contributed by atoms with Gasteiger partial charge < -0.3 is 9.88 Å². The van der Waals surface area contributed by atoms with Gasteiger partial charge in [-0.2, -0.15) is 13.2 Å². The molecular weight excluding hydrogens is 371 g/mol. The second-order valence-corrected chi connectivity index (χ2v) is 7.00. The second-order valence-electron chi connectivity index (χ2n) is 7.00. The summed E-state index contributed by atoms with van der Waals surface area (Å²) in [7, 11) is 0. The third kappa shape index (κ3) is 4.38. The molecule has 0 bridgehead atoms. The Labute approximate surface area is 159 Å². The first-order valence-corrected chi connectivity index (χ1v) is 9.09. The Morgan fingerprint density at radius 1 is 1.25 bits per heavy atom. The van der Waals surface area contributed by atoms with Crippen molar-refractivity contribution in [3.8, 4) is 0 Å². The van der Waals surface area contributed by atoms with Crippen LogP contribution in [0.1, 0.15) is 29.2 Å². The van der Waals surface area contributed by atoms with E-state index >= 15 is 0 Å². The number of nitrogens with zero attached hydrogens (tertiary/aromatic N) is 6. The lowest BCUT2D eigenvalue weighted by Crippen LogP contribution is -2.29. The maximum atomic E-state index is 12.8. The highest BCUT2D eigenvalue weighted by molar-refractivity contribution is 5.10. The van der Waals surface area contributed by atoms with E-state index in [-0.39, 0.29) is 5.92 Å². The number of aryl methyl sites for hydroxylation is 1. The lowest BCUT2D eigenvalue weighted by atomic mass is 9.99. The van der Waals surface area contributed by atoms with E-state index in [0.29, 0.717) is 38.4 Å². The van der Waals surface area contributed by atoms with E-state index in [1.807, 2.05) is 18.3 Å². The van der Waals surface area contributed by atoms with Gasteiger partial charge in [0.05, 0.1) is 18.4 Å². The van der Waals surface area contributed by atoms with E-state index in [2.05, 4.69) is 25.6 Å². The molecule has 3 aromatic rings. The first-order chi connectivity index (χ1) is 13.5. The molecule has 1 atom stereocenters. The van der Waals surface area contributed by atoms with Gasteiger partial charge in [0.2, 0.25) is 0 Å². The summed E-state index contributed by atoms with van der Waals surface area (Å²) in [5.41, 5.74) is 1.06. The topological polar surface area (TPSA) is 73.5 Å². The summed E-state index contributed by atoms with van der Waals surface area (Å²) < 4.78 is 41.8. The third-order valence-corrected chi connectivity index (χ3v) is 4.77. The van der Waals surface area contributed by atoms with Gasteiger partial charge in [-0.1, -0.05) is 11.3 Å². The molecule has 1 unspecified atom stereocenters. The summed E-state index contributed by atoms with van der Waals surface area (Å²) in [6, 6.07) is 3.85. The number of nitrogens with one attached hydrogen (secondary N) is 1. The predicted octanol–water partition coefficient (Wildman–Crippen LogP) is 2.29. The van der Waals surface area contributed by atoms with Gasteiger partial charge in [-0.05, 0) is 24.0 Å². The van der Waals surface area contributed by atoms with E-state index in [4.69, 9.17) is 0 Å². The molecule has 0 fully saturated rings. The fourth-order valence-corrected chi connectivity index (χ4v) is 3.40. The van der Waals surface area contributed by atoms with Gasteiger partial charge in [-0.15, -0.1) is 5.10 Å². The summed E-state index contributed by atoms with van der Waals surface area (Å²) in [6.45, 7) is 2.41. The fraction of sp³-hybridized carbons (Fsp3) is 0.444. The summed E-state index contributed by atoms with van der Waals surface area (Å²) in [6.07, 6.45) is 3.49. The lowest BCUT2D eigenvalue weighted by molar-refractivity contribution is -0.141. The Morgan fingerprint density at radius 3 is 2.93 bits per heavy atom. The molecule has 0 aromatic carbocycles. The van der Waals surface area contributed by atoms with E-state index in [0.717, 1.165) is 23.9 Å². The molecule has 0 saturated carbocycles. The van der Waals surface area contributed by atoms with Crippen molar-refractivity contribution in [1.82, 2.24) is 34.8 Å². The molecule has 0 amide bonds. The molecule has 148 valence electrons. The van der Waals surface area contributed by atoms with Gasteiger partial charge in [0.1, 0.15) is 5.82 Å². The van der Waals surface area contributed by atoms with Crippen molar-refractivity contribution < 1.29 is 13.2 Å². The molecule has 4 rings (SSSR count). The molecule has 28 heavy (non-hydrogen) atoms. The van der Waals surface area contributed by atoms with Gasteiger partial charge >= 0.3 is 6.18 Å². The Hall–Kier alpha value is -2.75. The molecule has 0 radical (unpaired) electrons. The van der Waals surface area contributed by atoms with Crippen LogP contribution in [-0.2, 0) is 32.2 Å². The van der Waals surface area contributed by atoms with Crippen molar-refractivity contribution >= 4 is 0 Å². The molecule has 0 aliphatic carbocycles. The largest absolute Gasteiger partial charge is 0.434 e. The van der Waals surface area contributed by atoms with Gasteiger partial charge in [-0.25, -0.2) is 9.67 Å². The maximum Gasteiger partial charge on any atom is 0.434 e. The SMILES string of the molecule is FC(F)(F)c1cn2c(n1)CCC(CNCc1cn(Cc3cccnc3)nn1)C2. The number of alkyl halides is 3. The molecular formula is C18H20F3N7. The predicted molar refractivity (Wildman–Crippen MR) is 94.1 cm³/mol. The van der Waals surface area contributed by atoms with E-state index in [1.54, 1.807) is 21.6 Å². The van der Waals surface area contributed by atoms with Crippen molar-refractivity contribution in [3.63, 3.8) is 0 Å². The average Bonchev–Trinajstić information content (AvgIpc) is 3.29. The minimum atomic E-state index is -4.39. The number of rotatable bonds is 6. The highest BCUT2D eigenvalue weighted by Gasteiger charge is 2.35. The molecule has 10 heteroatoms. The number of halogens is 3. The third-order valence-electron chi connectivity index (χ3n) is 4.77. The number of pyridine rings is 1. The summed E-state index contributed by atoms with van der Waals surface area (Å²) >= 11 is 0. The number of hydrogen-bond donors (Lipinski definition) is 1. The average molecular weight is 391 g/mol. The van der Waals surface area contributed by atoms with Crippen LogP contribution < -0.4 is 5.32 Å². The molecule has 7 nitrogen and oxygen atoms in total. The summed E-state index contributed by atoms with van der Waals surface area (Å²) in [5, 5.41) is 11.6. The van der Waals surface area contributed by atoms with Gasteiger partial charge in [0.25, 0.3) is 0 Å². The molecule has 0 saturated heterocycles. The molecule has 4 heterocycles. The summed E-state index contributed by atoms with van der Waals surface area (Å²) in [4.78, 5) is 7.79. The van der Waals surface area contributed by atoms with Gasteiger partial charge in [-0.3, -0.25) is 4.98 Å². The highest BCUT2D eigenvalue weighted by Crippen LogP contribution is 2.30. The molecule has 0 spiro atoms.